The summed E-state index contributed by atoms with van der Waals surface area (Å²) in [6.07, 6.45) is 9.20. The van der Waals surface area contributed by atoms with Crippen LogP contribution in [0, 0.1) is 11.2 Å². The minimum atomic E-state index is -0.302. The average Bonchev–Trinajstić information content (AvgIpc) is 2.73. The van der Waals surface area contributed by atoms with Gasteiger partial charge < -0.3 is 5.32 Å². The van der Waals surface area contributed by atoms with Gasteiger partial charge in [0, 0.05) is 11.6 Å². The van der Waals surface area contributed by atoms with Gasteiger partial charge in [-0.05, 0) is 92.2 Å². The van der Waals surface area contributed by atoms with E-state index in [-0.39, 0.29) is 30.0 Å². The summed E-state index contributed by atoms with van der Waals surface area (Å²) in [6, 6.07) is 15.0. The third-order valence-corrected chi connectivity index (χ3v) is 6.95. The number of aryl methyl sites for hydroxylation is 1. The molecule has 29 heavy (non-hydrogen) atoms. The molecule has 0 aliphatic heterocycles. The number of benzene rings is 2. The molecule has 2 aliphatic carbocycles. The third-order valence-electron chi connectivity index (χ3n) is 6.95. The Kier molecular flexibility index (Phi) is 7.13. The zero-order valence-corrected chi connectivity index (χ0v) is 17.9. The molecule has 1 N–H and O–H groups in total. The molecule has 1 spiro atoms. The molecule has 2 nitrogen and oxygen atoms in total. The second kappa shape index (κ2) is 9.40. The van der Waals surface area contributed by atoms with E-state index in [1.54, 1.807) is 12.1 Å². The molecule has 0 aromatic heterocycles. The van der Waals surface area contributed by atoms with Crippen molar-refractivity contribution in [2.24, 2.45) is 5.41 Å². The van der Waals surface area contributed by atoms with Crippen LogP contribution in [0.25, 0.3) is 0 Å². The van der Waals surface area contributed by atoms with E-state index in [0.29, 0.717) is 17.0 Å². The summed E-state index contributed by atoms with van der Waals surface area (Å²) in [4.78, 5) is 12.8. The average molecular weight is 416 g/mol. The van der Waals surface area contributed by atoms with Crippen LogP contribution in [0.4, 0.5) is 4.39 Å². The van der Waals surface area contributed by atoms with Crippen LogP contribution in [0.2, 0.25) is 0 Å². The Balaban J connectivity index is 0.00000240. The van der Waals surface area contributed by atoms with Gasteiger partial charge in [-0.1, -0.05) is 31.2 Å². The number of Topliss-reactive ketones (excluding diaryl/α,β-unsaturated/α-hetero) is 1. The summed E-state index contributed by atoms with van der Waals surface area (Å²) in [5.41, 5.74) is 4.12. The van der Waals surface area contributed by atoms with Gasteiger partial charge in [-0.25, -0.2) is 4.39 Å². The highest BCUT2D eigenvalue weighted by Gasteiger charge is 2.38. The molecule has 0 bridgehead atoms. The maximum absolute atomic E-state index is 13.1. The molecular formula is C25H31ClFNO. The lowest BCUT2D eigenvalue weighted by Crippen LogP contribution is -2.46. The quantitative estimate of drug-likeness (QED) is 0.614. The molecule has 1 unspecified atom stereocenters. The smallest absolute Gasteiger partial charge is 0.179 e. The number of nitrogens with one attached hydrogen (secondary N) is 1. The second-order valence-electron chi connectivity index (χ2n) is 8.72. The predicted molar refractivity (Wildman–Crippen MR) is 118 cm³/mol. The molecule has 1 atom stereocenters. The van der Waals surface area contributed by atoms with Crippen LogP contribution in [0.1, 0.15) is 66.9 Å². The van der Waals surface area contributed by atoms with Crippen LogP contribution in [0.3, 0.4) is 0 Å². The molecule has 0 amide bonds. The summed E-state index contributed by atoms with van der Waals surface area (Å²) in [5.74, 6) is -0.224. The van der Waals surface area contributed by atoms with Gasteiger partial charge in [0.15, 0.2) is 5.78 Å². The van der Waals surface area contributed by atoms with E-state index in [2.05, 4.69) is 29.6 Å². The lowest BCUT2D eigenvalue weighted by molar-refractivity contribution is 0.0904. The van der Waals surface area contributed by atoms with Crippen molar-refractivity contribution < 1.29 is 9.18 Å². The first kappa shape index (κ1) is 22.0. The summed E-state index contributed by atoms with van der Waals surface area (Å²) < 4.78 is 13.1. The van der Waals surface area contributed by atoms with E-state index in [4.69, 9.17) is 0 Å². The molecule has 2 aliphatic rings. The van der Waals surface area contributed by atoms with Crippen LogP contribution >= 0.6 is 12.4 Å². The van der Waals surface area contributed by atoms with Gasteiger partial charge in [-0.15, -0.1) is 12.4 Å². The second-order valence-corrected chi connectivity index (χ2v) is 8.72. The van der Waals surface area contributed by atoms with Gasteiger partial charge in [-0.2, -0.15) is 0 Å². The van der Waals surface area contributed by atoms with Crippen LogP contribution in [0.15, 0.2) is 48.5 Å². The van der Waals surface area contributed by atoms with Crippen LogP contribution < -0.4 is 5.32 Å². The molecule has 156 valence electrons. The molecule has 2 aromatic rings. The molecule has 1 fully saturated rings. The normalized spacial score (nSPS) is 24.4. The molecule has 2 aromatic carbocycles. The third kappa shape index (κ3) is 4.90. The van der Waals surface area contributed by atoms with Gasteiger partial charge in [0.25, 0.3) is 0 Å². The minimum Gasteiger partial charge on any atom is -0.304 e. The number of halogens is 2. The maximum atomic E-state index is 13.1. The Morgan fingerprint density at radius 2 is 1.72 bits per heavy atom. The number of carbonyl (C=O) groups is 1. The van der Waals surface area contributed by atoms with Crippen molar-refractivity contribution in [3.63, 3.8) is 0 Å². The zero-order chi connectivity index (χ0) is 19.6. The predicted octanol–water partition coefficient (Wildman–Crippen LogP) is 5.92. The summed E-state index contributed by atoms with van der Waals surface area (Å²) in [5, 5.41) is 3.62. The maximum Gasteiger partial charge on any atom is 0.179 e. The van der Waals surface area contributed by atoms with Gasteiger partial charge in [0.05, 0.1) is 6.04 Å². The van der Waals surface area contributed by atoms with E-state index in [1.165, 1.54) is 55.4 Å². The Morgan fingerprint density at radius 1 is 1.07 bits per heavy atom. The van der Waals surface area contributed by atoms with Crippen LogP contribution in [0.5, 0.6) is 0 Å². The Bertz CT molecular complexity index is 827. The van der Waals surface area contributed by atoms with Gasteiger partial charge >= 0.3 is 0 Å². The van der Waals surface area contributed by atoms with E-state index in [1.807, 2.05) is 6.92 Å². The van der Waals surface area contributed by atoms with Crippen molar-refractivity contribution in [3.05, 3.63) is 71.0 Å². The first-order valence-electron chi connectivity index (χ1n) is 10.7. The van der Waals surface area contributed by atoms with E-state index in [9.17, 15) is 9.18 Å². The van der Waals surface area contributed by atoms with Crippen LogP contribution in [-0.4, -0.2) is 17.9 Å². The van der Waals surface area contributed by atoms with Gasteiger partial charge in [0.2, 0.25) is 0 Å². The molecule has 0 radical (unpaired) electrons. The van der Waals surface area contributed by atoms with Crippen molar-refractivity contribution in [1.82, 2.24) is 5.32 Å². The van der Waals surface area contributed by atoms with E-state index < -0.39 is 0 Å². The Morgan fingerprint density at radius 3 is 2.38 bits per heavy atom. The first-order valence-corrected chi connectivity index (χ1v) is 10.7. The lowest BCUT2D eigenvalue weighted by Gasteiger charge is -2.44. The van der Waals surface area contributed by atoms with Crippen molar-refractivity contribution in [1.29, 1.82) is 0 Å². The van der Waals surface area contributed by atoms with Crippen LogP contribution in [-0.2, 0) is 12.8 Å². The number of hydrogen-bond donors (Lipinski definition) is 1. The number of rotatable bonds is 5. The van der Waals surface area contributed by atoms with Crippen molar-refractivity contribution in [3.8, 4) is 0 Å². The van der Waals surface area contributed by atoms with Gasteiger partial charge in [0.1, 0.15) is 5.82 Å². The molecule has 4 heteroatoms. The largest absolute Gasteiger partial charge is 0.304 e. The number of ketones is 1. The highest BCUT2D eigenvalue weighted by atomic mass is 35.5. The Labute approximate surface area is 179 Å². The summed E-state index contributed by atoms with van der Waals surface area (Å²) >= 11 is 0. The number of fused-ring (bicyclic) bond motifs is 1. The summed E-state index contributed by atoms with van der Waals surface area (Å²) in [6.45, 7) is 2.04. The fourth-order valence-electron chi connectivity index (χ4n) is 5.17. The molecular weight excluding hydrogens is 385 g/mol. The molecule has 4 rings (SSSR count). The zero-order valence-electron chi connectivity index (χ0n) is 17.1. The van der Waals surface area contributed by atoms with E-state index >= 15 is 0 Å². The fraction of sp³-hybridized carbons (Fsp3) is 0.480. The lowest BCUT2D eigenvalue weighted by atomic mass is 9.63. The number of hydrogen-bond acceptors (Lipinski definition) is 2. The molecule has 1 saturated carbocycles. The molecule has 0 heterocycles. The molecule has 0 saturated heterocycles. The highest BCUT2D eigenvalue weighted by Crippen LogP contribution is 2.46. The van der Waals surface area contributed by atoms with Crippen molar-refractivity contribution >= 4 is 18.2 Å². The van der Waals surface area contributed by atoms with Crippen molar-refractivity contribution in [2.45, 2.75) is 70.4 Å². The fourth-order valence-corrected chi connectivity index (χ4v) is 5.17. The van der Waals surface area contributed by atoms with E-state index in [0.717, 1.165) is 19.3 Å². The highest BCUT2D eigenvalue weighted by molar-refractivity contribution is 6.00. The monoisotopic (exact) mass is 415 g/mol. The first-order chi connectivity index (χ1) is 13.6. The standard InChI is InChI=1S/C25H30FNO.ClH/c1-2-23(24(28)19-7-9-21(26)10-8-19)27-22-12-15-25(16-13-22)14-11-18-5-3-4-6-20(18)17-25;/h3-10,22-23,27H,2,11-17H2,1H3;1H. The van der Waals surface area contributed by atoms with Gasteiger partial charge in [-0.3, -0.25) is 4.79 Å². The van der Waals surface area contributed by atoms with Crippen molar-refractivity contribution in [2.75, 3.05) is 0 Å². The Hall–Kier alpha value is -1.71. The minimum absolute atomic E-state index is 0. The number of carbonyl (C=O) groups excluding carboxylic acids is 1. The summed E-state index contributed by atoms with van der Waals surface area (Å²) in [7, 11) is 0. The topological polar surface area (TPSA) is 29.1 Å². The SMILES string of the molecule is CCC(NC1CCC2(CCc3ccccc3C2)CC1)C(=O)c1ccc(F)cc1.Cl.